The lowest BCUT2D eigenvalue weighted by atomic mass is 10.2. The molecule has 17 heavy (non-hydrogen) atoms. The Labute approximate surface area is 112 Å². The molecule has 0 spiro atoms. The smallest absolute Gasteiger partial charge is 0.126 e. The van der Waals surface area contributed by atoms with E-state index in [1.807, 2.05) is 12.1 Å². The zero-order chi connectivity index (χ0) is 12.3. The highest BCUT2D eigenvalue weighted by molar-refractivity contribution is 9.10. The standard InChI is InChI=1S/C13H9BrClFO/c14-10-5-4-9(13(15)6-10)8-17-12-3-1-2-11(16)7-12/h1-7H,8H2. The van der Waals surface area contributed by atoms with Gasteiger partial charge in [-0.2, -0.15) is 0 Å². The van der Waals surface area contributed by atoms with Crippen molar-refractivity contribution in [2.24, 2.45) is 0 Å². The van der Waals surface area contributed by atoms with E-state index in [1.54, 1.807) is 18.2 Å². The fourth-order valence-electron chi connectivity index (χ4n) is 1.36. The highest BCUT2D eigenvalue weighted by Gasteiger charge is 2.02. The molecule has 0 aliphatic heterocycles. The molecule has 2 aromatic carbocycles. The number of benzene rings is 2. The van der Waals surface area contributed by atoms with Crippen molar-refractivity contribution in [3.05, 3.63) is 63.3 Å². The van der Waals surface area contributed by atoms with Crippen molar-refractivity contribution < 1.29 is 9.13 Å². The van der Waals surface area contributed by atoms with Crippen LogP contribution in [0.3, 0.4) is 0 Å². The molecule has 2 rings (SSSR count). The molecule has 0 atom stereocenters. The first-order chi connectivity index (χ1) is 8.15. The molecule has 0 bridgehead atoms. The van der Waals surface area contributed by atoms with E-state index in [0.29, 0.717) is 17.4 Å². The fraction of sp³-hybridized carbons (Fsp3) is 0.0769. The van der Waals surface area contributed by atoms with Crippen LogP contribution in [0.5, 0.6) is 5.75 Å². The van der Waals surface area contributed by atoms with Gasteiger partial charge in [-0.25, -0.2) is 4.39 Å². The van der Waals surface area contributed by atoms with Crippen molar-refractivity contribution in [2.75, 3.05) is 0 Å². The normalized spacial score (nSPS) is 10.3. The predicted molar refractivity (Wildman–Crippen MR) is 69.9 cm³/mol. The zero-order valence-electron chi connectivity index (χ0n) is 8.79. The first-order valence-electron chi connectivity index (χ1n) is 4.97. The van der Waals surface area contributed by atoms with E-state index in [-0.39, 0.29) is 5.82 Å². The molecule has 0 aromatic heterocycles. The van der Waals surface area contributed by atoms with Crippen LogP contribution < -0.4 is 4.74 Å². The maximum Gasteiger partial charge on any atom is 0.126 e. The average molecular weight is 316 g/mol. The van der Waals surface area contributed by atoms with Gasteiger partial charge in [-0.3, -0.25) is 0 Å². The zero-order valence-corrected chi connectivity index (χ0v) is 11.1. The Morgan fingerprint density at radius 2 is 2.00 bits per heavy atom. The van der Waals surface area contributed by atoms with Crippen molar-refractivity contribution in [3.8, 4) is 5.75 Å². The third kappa shape index (κ3) is 3.45. The highest BCUT2D eigenvalue weighted by atomic mass is 79.9. The van der Waals surface area contributed by atoms with E-state index >= 15 is 0 Å². The Bertz CT molecular complexity index is 531. The molecule has 4 heteroatoms. The van der Waals surface area contributed by atoms with Crippen LogP contribution in [0.25, 0.3) is 0 Å². The summed E-state index contributed by atoms with van der Waals surface area (Å²) in [4.78, 5) is 0. The Morgan fingerprint density at radius 1 is 1.18 bits per heavy atom. The fourth-order valence-corrected chi connectivity index (χ4v) is 2.08. The molecule has 0 aliphatic carbocycles. The van der Waals surface area contributed by atoms with Gasteiger partial charge in [-0.05, 0) is 24.3 Å². The topological polar surface area (TPSA) is 9.23 Å². The van der Waals surface area contributed by atoms with E-state index in [0.717, 1.165) is 10.0 Å². The summed E-state index contributed by atoms with van der Waals surface area (Å²) >= 11 is 9.37. The molecule has 0 fully saturated rings. The largest absolute Gasteiger partial charge is 0.489 e. The first-order valence-corrected chi connectivity index (χ1v) is 6.14. The third-order valence-electron chi connectivity index (χ3n) is 2.21. The minimum Gasteiger partial charge on any atom is -0.489 e. The molecular weight excluding hydrogens is 306 g/mol. The summed E-state index contributed by atoms with van der Waals surface area (Å²) in [6, 6.07) is 11.6. The van der Waals surface area contributed by atoms with Gasteiger partial charge in [0.15, 0.2) is 0 Å². The number of rotatable bonds is 3. The molecule has 0 aliphatic rings. The summed E-state index contributed by atoms with van der Waals surface area (Å²) in [5, 5.41) is 0.621. The minimum atomic E-state index is -0.315. The van der Waals surface area contributed by atoms with Crippen molar-refractivity contribution in [3.63, 3.8) is 0 Å². The summed E-state index contributed by atoms with van der Waals surface area (Å²) in [6.45, 7) is 0.315. The van der Waals surface area contributed by atoms with Gasteiger partial charge in [0, 0.05) is 21.1 Å². The SMILES string of the molecule is Fc1cccc(OCc2ccc(Br)cc2Cl)c1. The van der Waals surface area contributed by atoms with Gasteiger partial charge in [0.1, 0.15) is 18.2 Å². The molecule has 0 amide bonds. The molecule has 0 N–H and O–H groups in total. The molecule has 2 aromatic rings. The van der Waals surface area contributed by atoms with Crippen molar-refractivity contribution in [1.29, 1.82) is 0 Å². The van der Waals surface area contributed by atoms with Gasteiger partial charge in [-0.15, -0.1) is 0 Å². The van der Waals surface area contributed by atoms with Crippen LogP contribution in [-0.2, 0) is 6.61 Å². The van der Waals surface area contributed by atoms with Crippen LogP contribution in [0.15, 0.2) is 46.9 Å². The summed E-state index contributed by atoms with van der Waals surface area (Å²) in [7, 11) is 0. The minimum absolute atomic E-state index is 0.315. The molecule has 0 heterocycles. The summed E-state index contributed by atoms with van der Waals surface area (Å²) < 4.78 is 19.3. The Hall–Kier alpha value is -1.06. The number of hydrogen-bond donors (Lipinski definition) is 0. The van der Waals surface area contributed by atoms with Gasteiger partial charge in [-0.1, -0.05) is 39.7 Å². The number of ether oxygens (including phenoxy) is 1. The lowest BCUT2D eigenvalue weighted by Gasteiger charge is -2.08. The highest BCUT2D eigenvalue weighted by Crippen LogP contribution is 2.23. The van der Waals surface area contributed by atoms with Crippen LogP contribution in [-0.4, -0.2) is 0 Å². The van der Waals surface area contributed by atoms with Crippen LogP contribution in [0.1, 0.15) is 5.56 Å². The molecular formula is C13H9BrClFO. The maximum atomic E-state index is 12.9. The number of halogens is 3. The Balaban J connectivity index is 2.07. The van der Waals surface area contributed by atoms with Gasteiger partial charge in [0.05, 0.1) is 0 Å². The van der Waals surface area contributed by atoms with E-state index in [9.17, 15) is 4.39 Å². The lowest BCUT2D eigenvalue weighted by Crippen LogP contribution is -1.96. The molecule has 0 radical (unpaired) electrons. The van der Waals surface area contributed by atoms with Crippen LogP contribution in [0.2, 0.25) is 5.02 Å². The summed E-state index contributed by atoms with van der Waals surface area (Å²) in [6.07, 6.45) is 0. The molecule has 1 nitrogen and oxygen atoms in total. The quantitative estimate of drug-likeness (QED) is 0.789. The van der Waals surface area contributed by atoms with E-state index in [4.69, 9.17) is 16.3 Å². The molecule has 88 valence electrons. The summed E-state index contributed by atoms with van der Waals surface area (Å²) in [5.74, 6) is 0.174. The predicted octanol–water partition coefficient (Wildman–Crippen LogP) is 4.82. The first kappa shape index (κ1) is 12.4. The average Bonchev–Trinajstić information content (AvgIpc) is 2.28. The third-order valence-corrected chi connectivity index (χ3v) is 3.05. The molecule has 0 saturated carbocycles. The van der Waals surface area contributed by atoms with Gasteiger partial charge < -0.3 is 4.74 Å². The van der Waals surface area contributed by atoms with Crippen molar-refractivity contribution >= 4 is 27.5 Å². The van der Waals surface area contributed by atoms with Crippen molar-refractivity contribution in [1.82, 2.24) is 0 Å². The molecule has 0 saturated heterocycles. The maximum absolute atomic E-state index is 12.9. The van der Waals surface area contributed by atoms with E-state index in [1.165, 1.54) is 12.1 Å². The monoisotopic (exact) mass is 314 g/mol. The van der Waals surface area contributed by atoms with Crippen molar-refractivity contribution in [2.45, 2.75) is 6.61 Å². The Kier molecular flexibility index (Phi) is 4.02. The second kappa shape index (κ2) is 5.52. The van der Waals surface area contributed by atoms with Crippen LogP contribution in [0.4, 0.5) is 4.39 Å². The molecule has 0 unspecified atom stereocenters. The van der Waals surface area contributed by atoms with Gasteiger partial charge >= 0.3 is 0 Å². The van der Waals surface area contributed by atoms with Crippen LogP contribution in [0, 0.1) is 5.82 Å². The van der Waals surface area contributed by atoms with E-state index in [2.05, 4.69) is 15.9 Å². The van der Waals surface area contributed by atoms with E-state index < -0.39 is 0 Å². The second-order valence-corrected chi connectivity index (χ2v) is 4.80. The second-order valence-electron chi connectivity index (χ2n) is 3.48. The summed E-state index contributed by atoms with van der Waals surface area (Å²) in [5.41, 5.74) is 0.860. The number of hydrogen-bond acceptors (Lipinski definition) is 1. The lowest BCUT2D eigenvalue weighted by molar-refractivity contribution is 0.304. The van der Waals surface area contributed by atoms with Gasteiger partial charge in [0.2, 0.25) is 0 Å². The van der Waals surface area contributed by atoms with Crippen LogP contribution >= 0.6 is 27.5 Å². The van der Waals surface area contributed by atoms with Gasteiger partial charge in [0.25, 0.3) is 0 Å². The Morgan fingerprint density at radius 3 is 2.71 bits per heavy atom.